The summed E-state index contributed by atoms with van der Waals surface area (Å²) in [7, 11) is -4.16. The molecule has 0 atom stereocenters. The highest BCUT2D eigenvalue weighted by Gasteiger charge is 2.35. The average molecular weight is 339 g/mol. The minimum atomic E-state index is -4.16. The van der Waals surface area contributed by atoms with Gasteiger partial charge in [-0.15, -0.1) is 8.42 Å². The Morgan fingerprint density at radius 3 is 2.35 bits per heavy atom. The van der Waals surface area contributed by atoms with Gasteiger partial charge in [0.15, 0.2) is 0 Å². The molecule has 4 rings (SSSR count). The van der Waals surface area contributed by atoms with Gasteiger partial charge in [0.2, 0.25) is 11.5 Å². The normalized spacial score (nSPS) is 14.3. The lowest BCUT2D eigenvalue weighted by atomic mass is 10.1. The van der Waals surface area contributed by atoms with E-state index in [4.69, 9.17) is 19.8 Å². The van der Waals surface area contributed by atoms with Crippen LogP contribution in [0.3, 0.4) is 0 Å². The average Bonchev–Trinajstić information content (AvgIpc) is 2.79. The van der Waals surface area contributed by atoms with Crippen LogP contribution >= 0.6 is 0 Å². The Kier molecular flexibility index (Phi) is 3.69. The molecule has 2 heterocycles. The molecule has 9 nitrogen and oxygen atoms in total. The Morgan fingerprint density at radius 2 is 1.61 bits per heavy atom. The highest BCUT2D eigenvalue weighted by Crippen LogP contribution is 2.49. The molecule has 1 aromatic heterocycles. The molecule has 122 valence electrons. The molecule has 3 aromatic rings. The van der Waals surface area contributed by atoms with Crippen LogP contribution in [0.25, 0.3) is 21.8 Å². The van der Waals surface area contributed by atoms with Gasteiger partial charge in [0.05, 0.1) is 11.2 Å². The van der Waals surface area contributed by atoms with Gasteiger partial charge in [0, 0.05) is 10.8 Å². The summed E-state index contributed by atoms with van der Waals surface area (Å²) >= 11 is 0. The van der Waals surface area contributed by atoms with E-state index in [1.807, 2.05) is 18.2 Å². The Hall–Kier alpha value is -2.82. The molecule has 0 bridgehead atoms. The van der Waals surface area contributed by atoms with E-state index in [1.165, 1.54) is 0 Å². The van der Waals surface area contributed by atoms with Crippen molar-refractivity contribution in [3.63, 3.8) is 0 Å². The van der Waals surface area contributed by atoms with Crippen molar-refractivity contribution in [2.24, 2.45) is 0 Å². The van der Waals surface area contributed by atoms with Gasteiger partial charge in [-0.1, -0.05) is 18.2 Å². The standard InChI is InChI=1S/C13H9N3O4S.2H2O/c14-9-7-5-6-3-1-2-4-8(6)16-11(7)13-12(10(9)15)19-21(17,18)20-13;;/h1-5H,14-15H2;2*1H2. The summed E-state index contributed by atoms with van der Waals surface area (Å²) in [4.78, 5) is 4.41. The zero-order valence-electron chi connectivity index (χ0n) is 11.5. The van der Waals surface area contributed by atoms with E-state index in [1.54, 1.807) is 12.1 Å². The van der Waals surface area contributed by atoms with Crippen LogP contribution in [0.1, 0.15) is 0 Å². The van der Waals surface area contributed by atoms with Crippen molar-refractivity contribution in [1.29, 1.82) is 0 Å². The molecule has 2 aromatic carbocycles. The zero-order chi connectivity index (χ0) is 14.8. The number of hydrogen-bond acceptors (Lipinski definition) is 7. The molecule has 0 saturated heterocycles. The third kappa shape index (κ3) is 2.25. The van der Waals surface area contributed by atoms with E-state index >= 15 is 0 Å². The fourth-order valence-electron chi connectivity index (χ4n) is 2.37. The van der Waals surface area contributed by atoms with Gasteiger partial charge in [0.25, 0.3) is 0 Å². The summed E-state index contributed by atoms with van der Waals surface area (Å²) < 4.78 is 32.6. The van der Waals surface area contributed by atoms with Gasteiger partial charge in [-0.3, -0.25) is 0 Å². The van der Waals surface area contributed by atoms with Crippen LogP contribution < -0.4 is 19.8 Å². The fraction of sp³-hybridized carbons (Fsp3) is 0. The number of hydrogen-bond donors (Lipinski definition) is 2. The first-order chi connectivity index (χ1) is 9.96. The van der Waals surface area contributed by atoms with Crippen molar-refractivity contribution in [1.82, 2.24) is 4.98 Å². The molecule has 0 spiro atoms. The second-order valence-electron chi connectivity index (χ2n) is 4.64. The SMILES string of the molecule is Nc1c2c(c3nc4ccccc4cc3c1N)OS(=O)(=O)O2.O.O. The smallest absolute Gasteiger partial charge is 0.412 e. The Bertz CT molecular complexity index is 1030. The quantitative estimate of drug-likeness (QED) is 0.326. The number of rotatable bonds is 0. The topological polar surface area (TPSA) is 181 Å². The molecule has 1 aliphatic rings. The van der Waals surface area contributed by atoms with Crippen molar-refractivity contribution >= 4 is 43.6 Å². The Morgan fingerprint density at radius 1 is 0.957 bits per heavy atom. The molecule has 0 aliphatic carbocycles. The van der Waals surface area contributed by atoms with Crippen LogP contribution in [-0.2, 0) is 10.4 Å². The van der Waals surface area contributed by atoms with Crippen LogP contribution in [-0.4, -0.2) is 24.4 Å². The van der Waals surface area contributed by atoms with Crippen molar-refractivity contribution < 1.29 is 27.7 Å². The van der Waals surface area contributed by atoms with E-state index in [9.17, 15) is 8.42 Å². The number of anilines is 2. The van der Waals surface area contributed by atoms with E-state index in [0.717, 1.165) is 5.39 Å². The predicted molar refractivity (Wildman–Crippen MR) is 85.5 cm³/mol. The number of fused-ring (bicyclic) bond motifs is 4. The molecule has 0 radical (unpaired) electrons. The van der Waals surface area contributed by atoms with Gasteiger partial charge in [-0.2, -0.15) is 0 Å². The highest BCUT2D eigenvalue weighted by molar-refractivity contribution is 7.82. The summed E-state index contributed by atoms with van der Waals surface area (Å²) in [6.07, 6.45) is 0. The third-order valence-electron chi connectivity index (χ3n) is 3.34. The van der Waals surface area contributed by atoms with E-state index in [2.05, 4.69) is 4.98 Å². The molecule has 0 unspecified atom stereocenters. The largest absolute Gasteiger partial charge is 0.501 e. The van der Waals surface area contributed by atoms with Crippen molar-refractivity contribution in [3.8, 4) is 11.5 Å². The molecule has 10 heteroatoms. The van der Waals surface area contributed by atoms with Crippen LogP contribution in [0.15, 0.2) is 30.3 Å². The summed E-state index contributed by atoms with van der Waals surface area (Å²) in [6, 6.07) is 9.16. The van der Waals surface area contributed by atoms with Gasteiger partial charge >= 0.3 is 10.4 Å². The van der Waals surface area contributed by atoms with Gasteiger partial charge < -0.3 is 30.8 Å². The zero-order valence-corrected chi connectivity index (χ0v) is 12.3. The van der Waals surface area contributed by atoms with E-state index in [0.29, 0.717) is 16.4 Å². The summed E-state index contributed by atoms with van der Waals surface area (Å²) in [6.45, 7) is 0. The van der Waals surface area contributed by atoms with Crippen molar-refractivity contribution in [2.75, 3.05) is 11.5 Å². The highest BCUT2D eigenvalue weighted by atomic mass is 32.3. The maximum atomic E-state index is 11.5. The van der Waals surface area contributed by atoms with Crippen LogP contribution in [0.4, 0.5) is 11.4 Å². The van der Waals surface area contributed by atoms with Gasteiger partial charge in [-0.05, 0) is 12.1 Å². The molecule has 0 amide bonds. The van der Waals surface area contributed by atoms with Crippen molar-refractivity contribution in [2.45, 2.75) is 0 Å². The summed E-state index contributed by atoms with van der Waals surface area (Å²) in [5.41, 5.74) is 13.0. The van der Waals surface area contributed by atoms with Crippen LogP contribution in [0.5, 0.6) is 11.5 Å². The number of para-hydroxylation sites is 1. The minimum Gasteiger partial charge on any atom is -0.412 e. The second kappa shape index (κ2) is 5.12. The molecule has 23 heavy (non-hydrogen) atoms. The molecular formula is C13H13N3O6S. The van der Waals surface area contributed by atoms with Gasteiger partial charge in [-0.25, -0.2) is 4.98 Å². The first kappa shape index (κ1) is 16.5. The lowest BCUT2D eigenvalue weighted by Gasteiger charge is -2.09. The van der Waals surface area contributed by atoms with E-state index < -0.39 is 10.4 Å². The lowest BCUT2D eigenvalue weighted by Crippen LogP contribution is -2.08. The maximum Gasteiger partial charge on any atom is 0.501 e. The van der Waals surface area contributed by atoms with E-state index in [-0.39, 0.29) is 33.8 Å². The molecule has 0 fully saturated rings. The monoisotopic (exact) mass is 339 g/mol. The number of nitrogen functional groups attached to an aromatic ring is 2. The number of benzene rings is 2. The summed E-state index contributed by atoms with van der Waals surface area (Å²) in [5, 5.41) is 1.38. The fourth-order valence-corrected chi connectivity index (χ4v) is 3.14. The Balaban J connectivity index is 0.000000960. The lowest BCUT2D eigenvalue weighted by molar-refractivity contribution is 0.437. The molecule has 0 saturated carbocycles. The molecule has 8 N–H and O–H groups in total. The molecule has 1 aliphatic heterocycles. The predicted octanol–water partition coefficient (Wildman–Crippen LogP) is -0.0810. The number of nitrogens with two attached hydrogens (primary N) is 2. The first-order valence-corrected chi connectivity index (χ1v) is 7.34. The number of nitrogens with zero attached hydrogens (tertiary/aromatic N) is 1. The molecular weight excluding hydrogens is 326 g/mol. The number of pyridine rings is 1. The number of aromatic nitrogens is 1. The van der Waals surface area contributed by atoms with Crippen LogP contribution in [0, 0.1) is 0 Å². The Labute approximate surface area is 130 Å². The van der Waals surface area contributed by atoms with Crippen LogP contribution in [0.2, 0.25) is 0 Å². The third-order valence-corrected chi connectivity index (χ3v) is 4.08. The minimum absolute atomic E-state index is 0. The maximum absolute atomic E-state index is 11.5. The van der Waals surface area contributed by atoms with Crippen molar-refractivity contribution in [3.05, 3.63) is 30.3 Å². The summed E-state index contributed by atoms with van der Waals surface area (Å²) in [5.74, 6) is -0.134. The first-order valence-electron chi connectivity index (χ1n) is 6.00. The van der Waals surface area contributed by atoms with Gasteiger partial charge in [0.1, 0.15) is 11.2 Å². The second-order valence-corrected chi connectivity index (χ2v) is 5.79.